The highest BCUT2D eigenvalue weighted by atomic mass is 16.3. The van der Waals surface area contributed by atoms with Crippen LogP contribution in [0.25, 0.3) is 11.0 Å². The Morgan fingerprint density at radius 3 is 2.72 bits per heavy atom. The van der Waals surface area contributed by atoms with E-state index in [1.165, 1.54) is 32.1 Å². The van der Waals surface area contributed by atoms with Crippen molar-refractivity contribution in [3.05, 3.63) is 30.1 Å². The van der Waals surface area contributed by atoms with Crippen LogP contribution >= 0.6 is 0 Å². The topological polar surface area (TPSA) is 58.4 Å². The van der Waals surface area contributed by atoms with Crippen molar-refractivity contribution in [1.29, 1.82) is 0 Å². The number of imidazole rings is 1. The normalized spacial score (nSPS) is 22.0. The van der Waals surface area contributed by atoms with Crippen LogP contribution in [0.2, 0.25) is 0 Å². The number of para-hydroxylation sites is 2. The SMILES string of the molecule is O=C(Cn1c(C2CCCCC2)nc2ccccc21)N1CCC(CO)C1. The summed E-state index contributed by atoms with van der Waals surface area (Å²) in [5.41, 5.74) is 2.06. The van der Waals surface area contributed by atoms with Gasteiger partial charge in [0.2, 0.25) is 5.91 Å². The zero-order valence-electron chi connectivity index (χ0n) is 14.7. The van der Waals surface area contributed by atoms with Crippen LogP contribution in [-0.2, 0) is 11.3 Å². The van der Waals surface area contributed by atoms with Crippen molar-refractivity contribution in [2.24, 2.45) is 5.92 Å². The van der Waals surface area contributed by atoms with Crippen molar-refractivity contribution in [3.8, 4) is 0 Å². The van der Waals surface area contributed by atoms with Crippen LogP contribution in [0.3, 0.4) is 0 Å². The molecule has 2 fully saturated rings. The molecule has 1 aromatic carbocycles. The van der Waals surface area contributed by atoms with Gasteiger partial charge in [-0.2, -0.15) is 0 Å². The second-order valence-corrected chi connectivity index (χ2v) is 7.56. The lowest BCUT2D eigenvalue weighted by Gasteiger charge is -2.23. The zero-order valence-corrected chi connectivity index (χ0v) is 14.7. The molecule has 0 spiro atoms. The first-order chi connectivity index (χ1) is 12.3. The van der Waals surface area contributed by atoms with Crippen LogP contribution in [0.15, 0.2) is 24.3 Å². The fourth-order valence-electron chi connectivity index (χ4n) is 4.38. The highest BCUT2D eigenvalue weighted by Crippen LogP contribution is 2.34. The number of aliphatic hydroxyl groups is 1. The van der Waals surface area contributed by atoms with Gasteiger partial charge in [0.05, 0.1) is 11.0 Å². The van der Waals surface area contributed by atoms with Gasteiger partial charge < -0.3 is 14.6 Å². The van der Waals surface area contributed by atoms with Gasteiger partial charge in [0, 0.05) is 31.5 Å². The van der Waals surface area contributed by atoms with Crippen molar-refractivity contribution in [2.45, 2.75) is 51.0 Å². The predicted molar refractivity (Wildman–Crippen MR) is 97.3 cm³/mol. The number of carbonyl (C=O) groups is 1. The van der Waals surface area contributed by atoms with Crippen molar-refractivity contribution in [1.82, 2.24) is 14.5 Å². The molecular weight excluding hydrogens is 314 g/mol. The molecule has 5 heteroatoms. The number of rotatable bonds is 4. The molecular formula is C20H27N3O2. The first-order valence-electron chi connectivity index (χ1n) is 9.60. The van der Waals surface area contributed by atoms with Crippen LogP contribution in [0.5, 0.6) is 0 Å². The molecule has 1 unspecified atom stereocenters. The number of hydrogen-bond donors (Lipinski definition) is 1. The van der Waals surface area contributed by atoms with E-state index in [9.17, 15) is 9.90 Å². The number of likely N-dealkylation sites (tertiary alicyclic amines) is 1. The van der Waals surface area contributed by atoms with Gasteiger partial charge in [0.1, 0.15) is 12.4 Å². The number of benzene rings is 1. The highest BCUT2D eigenvalue weighted by Gasteiger charge is 2.28. The lowest BCUT2D eigenvalue weighted by atomic mass is 9.88. The van der Waals surface area contributed by atoms with E-state index in [0.29, 0.717) is 19.0 Å². The molecule has 1 N–H and O–H groups in total. The van der Waals surface area contributed by atoms with Gasteiger partial charge in [-0.25, -0.2) is 4.98 Å². The minimum atomic E-state index is 0.149. The molecule has 1 saturated heterocycles. The van der Waals surface area contributed by atoms with E-state index < -0.39 is 0 Å². The van der Waals surface area contributed by atoms with E-state index in [2.05, 4.69) is 10.6 Å². The van der Waals surface area contributed by atoms with Crippen LogP contribution < -0.4 is 0 Å². The number of aromatic nitrogens is 2. The van der Waals surface area contributed by atoms with Crippen LogP contribution in [-0.4, -0.2) is 45.2 Å². The third-order valence-electron chi connectivity index (χ3n) is 5.84. The molecule has 1 saturated carbocycles. The predicted octanol–water partition coefficient (Wildman–Crippen LogP) is 2.92. The highest BCUT2D eigenvalue weighted by molar-refractivity contribution is 5.81. The Labute approximate surface area is 148 Å². The fourth-order valence-corrected chi connectivity index (χ4v) is 4.38. The van der Waals surface area contributed by atoms with Crippen molar-refractivity contribution >= 4 is 16.9 Å². The summed E-state index contributed by atoms with van der Waals surface area (Å²) in [6, 6.07) is 8.15. The molecule has 2 aromatic rings. The summed E-state index contributed by atoms with van der Waals surface area (Å²) in [4.78, 5) is 19.7. The maximum Gasteiger partial charge on any atom is 0.242 e. The number of carbonyl (C=O) groups excluding carboxylic acids is 1. The average molecular weight is 341 g/mol. The fraction of sp³-hybridized carbons (Fsp3) is 0.600. The van der Waals surface area contributed by atoms with Crippen molar-refractivity contribution < 1.29 is 9.90 Å². The van der Waals surface area contributed by atoms with Gasteiger partial charge in [0.15, 0.2) is 0 Å². The summed E-state index contributed by atoms with van der Waals surface area (Å²) in [5, 5.41) is 9.32. The van der Waals surface area contributed by atoms with Gasteiger partial charge >= 0.3 is 0 Å². The number of nitrogens with zero attached hydrogens (tertiary/aromatic N) is 3. The molecule has 5 nitrogen and oxygen atoms in total. The van der Waals surface area contributed by atoms with E-state index in [4.69, 9.17) is 4.98 Å². The first-order valence-corrected chi connectivity index (χ1v) is 9.60. The van der Waals surface area contributed by atoms with E-state index in [-0.39, 0.29) is 18.4 Å². The lowest BCUT2D eigenvalue weighted by molar-refractivity contribution is -0.130. The standard InChI is InChI=1S/C20H27N3O2/c24-14-15-10-11-22(12-15)19(25)13-23-18-9-5-4-8-17(18)21-20(23)16-6-2-1-3-7-16/h4-5,8-9,15-16,24H,1-3,6-7,10-14H2. The van der Waals surface area contributed by atoms with Crippen LogP contribution in [0, 0.1) is 5.92 Å². The summed E-state index contributed by atoms with van der Waals surface area (Å²) in [6.07, 6.45) is 7.08. The average Bonchev–Trinajstić information content (AvgIpc) is 3.28. The Hall–Kier alpha value is -1.88. The Balaban J connectivity index is 1.62. The minimum Gasteiger partial charge on any atom is -0.396 e. The van der Waals surface area contributed by atoms with Gasteiger partial charge in [-0.3, -0.25) is 4.79 Å². The van der Waals surface area contributed by atoms with E-state index >= 15 is 0 Å². The lowest BCUT2D eigenvalue weighted by Crippen LogP contribution is -2.33. The third kappa shape index (κ3) is 3.30. The maximum absolute atomic E-state index is 12.8. The summed E-state index contributed by atoms with van der Waals surface area (Å²) in [6.45, 7) is 1.98. The molecule has 4 rings (SSSR count). The minimum absolute atomic E-state index is 0.149. The molecule has 1 aromatic heterocycles. The largest absolute Gasteiger partial charge is 0.396 e. The van der Waals surface area contributed by atoms with Crippen LogP contribution in [0.1, 0.15) is 50.3 Å². The summed E-state index contributed by atoms with van der Waals surface area (Å²) in [7, 11) is 0. The van der Waals surface area contributed by atoms with Crippen molar-refractivity contribution in [2.75, 3.05) is 19.7 Å². The summed E-state index contributed by atoms with van der Waals surface area (Å²) < 4.78 is 2.15. The van der Waals surface area contributed by atoms with Crippen LogP contribution in [0.4, 0.5) is 0 Å². The van der Waals surface area contributed by atoms with E-state index in [0.717, 1.165) is 29.8 Å². The van der Waals surface area contributed by atoms with Crippen molar-refractivity contribution in [3.63, 3.8) is 0 Å². The molecule has 2 aliphatic rings. The van der Waals surface area contributed by atoms with E-state index in [1.54, 1.807) is 0 Å². The zero-order chi connectivity index (χ0) is 17.2. The maximum atomic E-state index is 12.8. The monoisotopic (exact) mass is 341 g/mol. The molecule has 0 bridgehead atoms. The molecule has 1 amide bonds. The number of hydrogen-bond acceptors (Lipinski definition) is 3. The Bertz CT molecular complexity index is 748. The summed E-state index contributed by atoms with van der Waals surface area (Å²) >= 11 is 0. The Morgan fingerprint density at radius 1 is 1.16 bits per heavy atom. The van der Waals surface area contributed by atoms with Gasteiger partial charge in [-0.15, -0.1) is 0 Å². The molecule has 1 aliphatic heterocycles. The second-order valence-electron chi connectivity index (χ2n) is 7.56. The number of aliphatic hydroxyl groups excluding tert-OH is 1. The molecule has 1 aliphatic carbocycles. The first kappa shape index (κ1) is 16.6. The summed E-state index contributed by atoms with van der Waals surface area (Å²) in [5.74, 6) is 1.95. The number of fused-ring (bicyclic) bond motifs is 1. The molecule has 134 valence electrons. The quantitative estimate of drug-likeness (QED) is 0.930. The third-order valence-corrected chi connectivity index (χ3v) is 5.84. The molecule has 25 heavy (non-hydrogen) atoms. The molecule has 2 heterocycles. The Kier molecular flexibility index (Phi) is 4.75. The van der Waals surface area contributed by atoms with Gasteiger partial charge in [0.25, 0.3) is 0 Å². The van der Waals surface area contributed by atoms with Gasteiger partial charge in [-0.05, 0) is 31.4 Å². The van der Waals surface area contributed by atoms with Gasteiger partial charge in [-0.1, -0.05) is 31.4 Å². The Morgan fingerprint density at radius 2 is 1.96 bits per heavy atom. The molecule has 0 radical (unpaired) electrons. The molecule has 1 atom stereocenters. The number of amides is 1. The second kappa shape index (κ2) is 7.16. The smallest absolute Gasteiger partial charge is 0.242 e. The van der Waals surface area contributed by atoms with E-state index in [1.807, 2.05) is 23.1 Å².